The van der Waals surface area contributed by atoms with Crippen LogP contribution in [-0.2, 0) is 51.4 Å². The maximum atomic E-state index is 12.6. The average molecular weight is 1130 g/mol. The molecule has 0 saturated heterocycles. The third kappa shape index (κ3) is 13.8. The second-order valence-corrected chi connectivity index (χ2v) is 22.6. The van der Waals surface area contributed by atoms with Gasteiger partial charge in [0.05, 0.1) is 39.6 Å². The largest absolute Gasteiger partial charge is 0.507 e. The number of benzene rings is 8. The van der Waals surface area contributed by atoms with Crippen LogP contribution in [0.5, 0.6) is 46.0 Å². The fraction of sp³-hybridized carbons (Fsp3) is 0.342. The number of phenolic OH excluding ortho intramolecular Hbond substituents is 2. The lowest BCUT2D eigenvalue weighted by Gasteiger charge is -2.22. The smallest absolute Gasteiger partial charge is 0.126 e. The second kappa shape index (κ2) is 28.5. The van der Waals surface area contributed by atoms with Crippen LogP contribution in [0.4, 0.5) is 0 Å². The highest BCUT2D eigenvalue weighted by atomic mass is 16.5. The van der Waals surface area contributed by atoms with E-state index in [9.17, 15) is 10.2 Å². The van der Waals surface area contributed by atoms with Crippen molar-refractivity contribution in [3.63, 3.8) is 0 Å². The van der Waals surface area contributed by atoms with Crippen LogP contribution in [-0.4, -0.2) is 49.9 Å². The number of hydrogen-bond donors (Lipinski definition) is 2. The minimum atomic E-state index is 0.260. The van der Waals surface area contributed by atoms with E-state index in [2.05, 4.69) is 187 Å². The summed E-state index contributed by atoms with van der Waals surface area (Å²) < 4.78 is 40.2. The fourth-order valence-electron chi connectivity index (χ4n) is 12.0. The van der Waals surface area contributed by atoms with Gasteiger partial charge in [-0.2, -0.15) is 0 Å². The molecule has 0 aromatic heterocycles. The van der Waals surface area contributed by atoms with Crippen LogP contribution in [0.3, 0.4) is 0 Å². The molecule has 0 fully saturated rings. The van der Waals surface area contributed by atoms with Crippen molar-refractivity contribution >= 4 is 12.2 Å². The third-order valence-electron chi connectivity index (χ3n) is 15.9. The Bertz CT molecular complexity index is 3150. The monoisotopic (exact) mass is 1120 g/mol. The van der Waals surface area contributed by atoms with Crippen LogP contribution in [0.1, 0.15) is 180 Å². The Balaban J connectivity index is 1.12. The Morgan fingerprint density at radius 2 is 0.417 bits per heavy atom. The van der Waals surface area contributed by atoms with E-state index in [1.54, 1.807) is 0 Å². The van der Waals surface area contributed by atoms with Crippen LogP contribution < -0.4 is 28.4 Å². The first-order valence-corrected chi connectivity index (χ1v) is 31.0. The molecule has 8 aromatic rings. The van der Waals surface area contributed by atoms with E-state index in [1.807, 2.05) is 0 Å². The Morgan fingerprint density at radius 1 is 0.262 bits per heavy atom. The summed E-state index contributed by atoms with van der Waals surface area (Å²) in [4.78, 5) is 0. The molecule has 0 saturated carbocycles. The van der Waals surface area contributed by atoms with Crippen molar-refractivity contribution in [2.45, 2.75) is 131 Å². The Hall–Kier alpha value is -8.10. The first-order chi connectivity index (χ1) is 41.2. The van der Waals surface area contributed by atoms with Gasteiger partial charge in [-0.05, 0) is 163 Å². The van der Waals surface area contributed by atoms with Crippen LogP contribution in [0.15, 0.2) is 133 Å². The molecule has 0 spiro atoms. The number of aromatic hydroxyl groups is 2. The average Bonchev–Trinajstić information content (AvgIpc) is 3.67. The molecule has 8 nitrogen and oxygen atoms in total. The lowest BCUT2D eigenvalue weighted by Crippen LogP contribution is -2.09. The Labute approximate surface area is 499 Å². The molecule has 10 rings (SSSR count). The zero-order valence-corrected chi connectivity index (χ0v) is 50.3. The van der Waals surface area contributed by atoms with E-state index in [0.29, 0.717) is 91.0 Å². The summed E-state index contributed by atoms with van der Waals surface area (Å²) in [5, 5.41) is 25.3. The molecule has 0 aliphatic heterocycles. The highest BCUT2D eigenvalue weighted by Crippen LogP contribution is 2.42. The van der Waals surface area contributed by atoms with E-state index in [-0.39, 0.29) is 11.5 Å². The third-order valence-corrected chi connectivity index (χ3v) is 15.9. The van der Waals surface area contributed by atoms with Gasteiger partial charge in [-0.15, -0.1) is 0 Å². The molecule has 0 amide bonds. The van der Waals surface area contributed by atoms with E-state index in [1.165, 1.54) is 0 Å². The van der Waals surface area contributed by atoms with Crippen molar-refractivity contribution < 1.29 is 38.6 Å². The van der Waals surface area contributed by atoms with E-state index in [4.69, 9.17) is 28.4 Å². The molecule has 2 N–H and O–H groups in total. The normalized spacial score (nSPS) is 12.9. The quantitative estimate of drug-likeness (QED) is 0.0729. The summed E-state index contributed by atoms with van der Waals surface area (Å²) in [5.74, 6) is 5.77. The summed E-state index contributed by atoms with van der Waals surface area (Å²) >= 11 is 0. The van der Waals surface area contributed by atoms with Gasteiger partial charge >= 0.3 is 0 Å². The number of rotatable bonds is 20. The van der Waals surface area contributed by atoms with Gasteiger partial charge < -0.3 is 38.6 Å². The molecule has 0 atom stereocenters. The summed E-state index contributed by atoms with van der Waals surface area (Å²) in [6, 6.07) is 47.1. The van der Waals surface area contributed by atoms with Crippen molar-refractivity contribution in [1.82, 2.24) is 0 Å². The molecule has 84 heavy (non-hydrogen) atoms. The van der Waals surface area contributed by atoms with Crippen LogP contribution in [0.2, 0.25) is 0 Å². The molecule has 8 heteroatoms. The molecular formula is C76H84O8. The number of para-hydroxylation sites is 6. The lowest BCUT2D eigenvalue weighted by atomic mass is 9.89. The minimum absolute atomic E-state index is 0.260. The van der Waals surface area contributed by atoms with Gasteiger partial charge in [-0.3, -0.25) is 0 Å². The maximum Gasteiger partial charge on any atom is 0.126 e. The molecule has 2 aliphatic carbocycles. The van der Waals surface area contributed by atoms with Crippen molar-refractivity contribution in [3.05, 3.63) is 234 Å². The predicted octanol–water partition coefficient (Wildman–Crippen LogP) is 17.4. The SMILES string of the molecule is CCCOc1c2cccc1Cc1cccc(c1OCCC)Cc1cccc(c1OCCC)Cc1cc(/C=C/c3cc4c(O)c(c3)Cc3cccc(c3OCCC)Cc3cccc(c3OCCC)Cc3cccc(c3OCCC)C4)cc(c1O)C2. The van der Waals surface area contributed by atoms with Crippen molar-refractivity contribution in [3.8, 4) is 46.0 Å². The molecule has 0 radical (unpaired) electrons. The van der Waals surface area contributed by atoms with Gasteiger partial charge in [-0.25, -0.2) is 0 Å². The van der Waals surface area contributed by atoms with E-state index >= 15 is 0 Å². The summed E-state index contributed by atoms with van der Waals surface area (Å²) in [7, 11) is 0. The van der Waals surface area contributed by atoms with Gasteiger partial charge in [0.2, 0.25) is 0 Å². The molecule has 2 aliphatic rings. The van der Waals surface area contributed by atoms with Crippen molar-refractivity contribution in [1.29, 1.82) is 0 Å². The first kappa shape index (κ1) is 59.1. The summed E-state index contributed by atoms with van der Waals surface area (Å²) in [6.07, 6.45) is 13.8. The zero-order valence-electron chi connectivity index (χ0n) is 50.3. The number of ether oxygens (including phenoxy) is 6. The molecular weight excluding hydrogens is 1040 g/mol. The van der Waals surface area contributed by atoms with Gasteiger partial charge in [-0.1, -0.05) is 163 Å². The molecule has 16 bridgehead atoms. The molecule has 0 heterocycles. The van der Waals surface area contributed by atoms with Gasteiger partial charge in [0.1, 0.15) is 46.0 Å². The topological polar surface area (TPSA) is 95.8 Å². The highest BCUT2D eigenvalue weighted by molar-refractivity contribution is 5.73. The standard InChI is InChI=1S/C76H84O8/c1-7-33-79-71-53-19-13-20-54(71)44-58-24-16-28-62(74(58)82-36-10-4)48-66-40-51(39-65(69(66)77)47-61-27-15-23-57(43-53)73(61)81-35-9-3)31-32-52-41-67-49-63-29-17-25-59(75(63)83-37-11-5)45-55-21-14-22-56(72(55)80-34-8-2)46-60-26-18-30-64(76(60)84-38-12-6)50-68(42-52)70(67)78/h13-32,39-42,77-78H,7-12,33-38,43-50H2,1-6H3/b32-31+. The van der Waals surface area contributed by atoms with Crippen LogP contribution in [0.25, 0.3) is 12.2 Å². The Kier molecular flexibility index (Phi) is 20.0. The van der Waals surface area contributed by atoms with Crippen LogP contribution in [0, 0.1) is 0 Å². The fourth-order valence-corrected chi connectivity index (χ4v) is 12.0. The number of phenols is 2. The predicted molar refractivity (Wildman–Crippen MR) is 341 cm³/mol. The van der Waals surface area contributed by atoms with Crippen molar-refractivity contribution in [2.24, 2.45) is 0 Å². The van der Waals surface area contributed by atoms with E-state index in [0.717, 1.165) is 173 Å². The van der Waals surface area contributed by atoms with E-state index < -0.39 is 0 Å². The Morgan fingerprint density at radius 3 is 0.571 bits per heavy atom. The zero-order chi connectivity index (χ0) is 58.4. The van der Waals surface area contributed by atoms with Gasteiger partial charge in [0.25, 0.3) is 0 Å². The van der Waals surface area contributed by atoms with Crippen molar-refractivity contribution in [2.75, 3.05) is 39.6 Å². The lowest BCUT2D eigenvalue weighted by molar-refractivity contribution is 0.306. The van der Waals surface area contributed by atoms with Gasteiger partial charge in [0.15, 0.2) is 0 Å². The summed E-state index contributed by atoms with van der Waals surface area (Å²) in [6.45, 7) is 16.3. The van der Waals surface area contributed by atoms with Crippen LogP contribution >= 0.6 is 0 Å². The second-order valence-electron chi connectivity index (χ2n) is 22.6. The van der Waals surface area contributed by atoms with Gasteiger partial charge in [0, 0.05) is 51.4 Å². The number of fused-ring (bicyclic) bond motifs is 16. The first-order valence-electron chi connectivity index (χ1n) is 31.0. The molecule has 436 valence electrons. The maximum absolute atomic E-state index is 12.6. The minimum Gasteiger partial charge on any atom is -0.507 e. The molecule has 8 aromatic carbocycles. The molecule has 0 unspecified atom stereocenters. The summed E-state index contributed by atoms with van der Waals surface area (Å²) in [5.41, 5.74) is 17.8. The highest BCUT2D eigenvalue weighted by Gasteiger charge is 2.25. The number of hydrogen-bond acceptors (Lipinski definition) is 8.